The van der Waals surface area contributed by atoms with Crippen LogP contribution in [0.15, 0.2) is 70.4 Å². The first kappa shape index (κ1) is 18.5. The van der Waals surface area contributed by atoms with Crippen LogP contribution in [0.3, 0.4) is 0 Å². The van der Waals surface area contributed by atoms with Crippen LogP contribution in [0.2, 0.25) is 0 Å². The third-order valence-corrected chi connectivity index (χ3v) is 5.98. The molecule has 0 aliphatic rings. The number of furan rings is 1. The van der Waals surface area contributed by atoms with Crippen molar-refractivity contribution in [3.8, 4) is 0 Å². The third kappa shape index (κ3) is 3.36. The first-order valence-electron chi connectivity index (χ1n) is 9.35. The molecule has 0 bridgehead atoms. The molecule has 0 radical (unpaired) electrons. The highest BCUT2D eigenvalue weighted by Crippen LogP contribution is 2.40. The molecular formula is C22H21N3O2S. The number of carbonyl (C=O) groups is 1. The van der Waals surface area contributed by atoms with E-state index in [9.17, 15) is 4.79 Å². The molecule has 0 unspecified atom stereocenters. The van der Waals surface area contributed by atoms with Gasteiger partial charge in [0.1, 0.15) is 27.7 Å². The summed E-state index contributed by atoms with van der Waals surface area (Å²) < 4.78 is 6.04. The molecule has 28 heavy (non-hydrogen) atoms. The molecule has 5 nitrogen and oxygen atoms in total. The topological polar surface area (TPSA) is 59.2 Å². The Labute approximate surface area is 167 Å². The molecule has 0 aliphatic heterocycles. The maximum absolute atomic E-state index is 13.2. The highest BCUT2D eigenvalue weighted by molar-refractivity contribution is 8.00. The predicted octanol–water partition coefficient (Wildman–Crippen LogP) is 5.08. The van der Waals surface area contributed by atoms with Crippen LogP contribution in [0.1, 0.15) is 24.7 Å². The fourth-order valence-electron chi connectivity index (χ4n) is 3.29. The lowest BCUT2D eigenvalue weighted by Crippen LogP contribution is -2.33. The molecule has 0 spiro atoms. The molecule has 6 heteroatoms. The zero-order valence-corrected chi connectivity index (χ0v) is 16.6. The van der Waals surface area contributed by atoms with Gasteiger partial charge in [-0.05, 0) is 31.5 Å². The minimum Gasteiger partial charge on any atom is -0.451 e. The Bertz CT molecular complexity index is 1110. The van der Waals surface area contributed by atoms with Gasteiger partial charge < -0.3 is 9.32 Å². The Morgan fingerprint density at radius 1 is 1.04 bits per heavy atom. The average molecular weight is 391 g/mol. The number of amides is 1. The van der Waals surface area contributed by atoms with Crippen LogP contribution in [0.5, 0.6) is 0 Å². The van der Waals surface area contributed by atoms with Crippen LogP contribution >= 0.6 is 11.8 Å². The largest absolute Gasteiger partial charge is 0.451 e. The SMILES string of the molecule is CCN(CC)C(=O)[C@H](Sc1ncnc2c1oc1ccccc12)c1ccccc1. The Morgan fingerprint density at radius 3 is 2.50 bits per heavy atom. The van der Waals surface area contributed by atoms with Gasteiger partial charge in [-0.25, -0.2) is 9.97 Å². The molecule has 0 saturated heterocycles. The van der Waals surface area contributed by atoms with E-state index in [1.807, 2.05) is 73.3 Å². The van der Waals surface area contributed by atoms with Crippen LogP contribution in [0.4, 0.5) is 0 Å². The zero-order valence-electron chi connectivity index (χ0n) is 15.8. The number of likely N-dealkylation sites (N-methyl/N-ethyl adjacent to an activating group) is 1. The van der Waals surface area contributed by atoms with E-state index in [1.165, 1.54) is 18.1 Å². The molecule has 4 aromatic rings. The number of para-hydroxylation sites is 1. The molecule has 0 saturated carbocycles. The fourth-order valence-corrected chi connectivity index (χ4v) is 4.41. The molecule has 1 atom stereocenters. The summed E-state index contributed by atoms with van der Waals surface area (Å²) >= 11 is 1.42. The highest BCUT2D eigenvalue weighted by atomic mass is 32.2. The minimum absolute atomic E-state index is 0.0732. The molecular weight excluding hydrogens is 370 g/mol. The number of benzene rings is 2. The van der Waals surface area contributed by atoms with Gasteiger partial charge in [0.15, 0.2) is 5.58 Å². The van der Waals surface area contributed by atoms with E-state index < -0.39 is 5.25 Å². The van der Waals surface area contributed by atoms with Gasteiger partial charge in [0.2, 0.25) is 5.91 Å². The zero-order chi connectivity index (χ0) is 19.5. The molecule has 2 aromatic carbocycles. The smallest absolute Gasteiger partial charge is 0.240 e. The van der Waals surface area contributed by atoms with E-state index in [-0.39, 0.29) is 5.91 Å². The van der Waals surface area contributed by atoms with Gasteiger partial charge in [0.25, 0.3) is 0 Å². The summed E-state index contributed by atoms with van der Waals surface area (Å²) in [5.74, 6) is 0.0732. The van der Waals surface area contributed by atoms with Gasteiger partial charge in [-0.15, -0.1) is 0 Å². The van der Waals surface area contributed by atoms with Crippen LogP contribution in [0, 0.1) is 0 Å². The van der Waals surface area contributed by atoms with Crippen molar-refractivity contribution < 1.29 is 9.21 Å². The lowest BCUT2D eigenvalue weighted by Gasteiger charge is -2.24. The van der Waals surface area contributed by atoms with E-state index in [0.29, 0.717) is 23.7 Å². The third-order valence-electron chi connectivity index (χ3n) is 4.76. The van der Waals surface area contributed by atoms with E-state index in [1.54, 1.807) is 0 Å². The van der Waals surface area contributed by atoms with E-state index in [2.05, 4.69) is 9.97 Å². The van der Waals surface area contributed by atoms with Gasteiger partial charge in [-0.3, -0.25) is 4.79 Å². The summed E-state index contributed by atoms with van der Waals surface area (Å²) in [6.45, 7) is 5.33. The molecule has 1 amide bonds. The van der Waals surface area contributed by atoms with Crippen LogP contribution in [-0.4, -0.2) is 33.9 Å². The van der Waals surface area contributed by atoms with Crippen molar-refractivity contribution in [2.45, 2.75) is 24.1 Å². The van der Waals surface area contributed by atoms with Crippen LogP contribution in [0.25, 0.3) is 22.1 Å². The van der Waals surface area contributed by atoms with Gasteiger partial charge >= 0.3 is 0 Å². The van der Waals surface area contributed by atoms with Gasteiger partial charge in [0.05, 0.1) is 0 Å². The Morgan fingerprint density at radius 2 is 1.75 bits per heavy atom. The van der Waals surface area contributed by atoms with E-state index in [4.69, 9.17) is 4.42 Å². The number of hydrogen-bond donors (Lipinski definition) is 0. The summed E-state index contributed by atoms with van der Waals surface area (Å²) in [4.78, 5) is 24.0. The quantitative estimate of drug-likeness (QED) is 0.339. The van der Waals surface area contributed by atoms with E-state index >= 15 is 0 Å². The standard InChI is InChI=1S/C22H21N3O2S/c1-3-25(4-2)22(26)20(15-10-6-5-7-11-15)28-21-19-18(23-14-24-21)16-12-8-9-13-17(16)27-19/h5-14,20H,3-4H2,1-2H3/t20-/m1/s1. The van der Waals surface area contributed by atoms with Gasteiger partial charge in [-0.1, -0.05) is 54.2 Å². The number of fused-ring (bicyclic) bond motifs is 3. The molecule has 2 heterocycles. The number of hydrogen-bond acceptors (Lipinski definition) is 5. The van der Waals surface area contributed by atoms with Crippen molar-refractivity contribution in [2.75, 3.05) is 13.1 Å². The maximum atomic E-state index is 13.2. The predicted molar refractivity (Wildman–Crippen MR) is 112 cm³/mol. The molecule has 0 fully saturated rings. The average Bonchev–Trinajstić information content (AvgIpc) is 3.13. The number of rotatable bonds is 6. The van der Waals surface area contributed by atoms with Crippen molar-refractivity contribution in [1.82, 2.24) is 14.9 Å². The summed E-state index contributed by atoms with van der Waals surface area (Å²) in [7, 11) is 0. The van der Waals surface area contributed by atoms with Gasteiger partial charge in [-0.2, -0.15) is 0 Å². The normalized spacial score (nSPS) is 12.4. The number of nitrogens with zero attached hydrogens (tertiary/aromatic N) is 3. The minimum atomic E-state index is -0.396. The van der Waals surface area contributed by atoms with E-state index in [0.717, 1.165) is 22.0 Å². The Hall–Kier alpha value is -2.86. The number of aromatic nitrogens is 2. The summed E-state index contributed by atoms with van der Waals surface area (Å²) in [5, 5.41) is 1.23. The van der Waals surface area contributed by atoms with Crippen molar-refractivity contribution in [2.24, 2.45) is 0 Å². The number of carbonyl (C=O) groups excluding carboxylic acids is 1. The molecule has 0 N–H and O–H groups in total. The van der Waals surface area contributed by atoms with Crippen molar-refractivity contribution in [3.05, 3.63) is 66.5 Å². The molecule has 4 rings (SSSR count). The Balaban J connectivity index is 1.79. The first-order valence-corrected chi connectivity index (χ1v) is 10.2. The van der Waals surface area contributed by atoms with Crippen molar-refractivity contribution >= 4 is 39.7 Å². The molecule has 2 aromatic heterocycles. The second-order valence-corrected chi connectivity index (χ2v) is 7.47. The van der Waals surface area contributed by atoms with Crippen LogP contribution < -0.4 is 0 Å². The summed E-state index contributed by atoms with van der Waals surface area (Å²) in [6, 6.07) is 17.6. The summed E-state index contributed by atoms with van der Waals surface area (Å²) in [6.07, 6.45) is 1.54. The lowest BCUT2D eigenvalue weighted by atomic mass is 10.1. The Kier molecular flexibility index (Phi) is 5.30. The van der Waals surface area contributed by atoms with Crippen molar-refractivity contribution in [3.63, 3.8) is 0 Å². The maximum Gasteiger partial charge on any atom is 0.240 e. The summed E-state index contributed by atoms with van der Waals surface area (Å²) in [5.41, 5.74) is 3.12. The van der Waals surface area contributed by atoms with Crippen molar-refractivity contribution in [1.29, 1.82) is 0 Å². The molecule has 0 aliphatic carbocycles. The monoisotopic (exact) mass is 391 g/mol. The number of thioether (sulfide) groups is 1. The highest BCUT2D eigenvalue weighted by Gasteiger charge is 2.28. The lowest BCUT2D eigenvalue weighted by molar-refractivity contribution is -0.130. The second kappa shape index (κ2) is 8.02. The van der Waals surface area contributed by atoms with Gasteiger partial charge in [0, 0.05) is 18.5 Å². The molecule has 142 valence electrons. The second-order valence-electron chi connectivity index (χ2n) is 6.37. The fraction of sp³-hybridized carbons (Fsp3) is 0.227. The first-order chi connectivity index (χ1) is 13.7. The van der Waals surface area contributed by atoms with Crippen LogP contribution in [-0.2, 0) is 4.79 Å².